The normalized spacial score (nSPS) is 17.7. The lowest BCUT2D eigenvalue weighted by Crippen LogP contribution is -2.46. The van der Waals surface area contributed by atoms with Gasteiger partial charge in [-0.15, -0.1) is 0 Å². The molecule has 1 atom stereocenters. The van der Waals surface area contributed by atoms with Gasteiger partial charge in [0.25, 0.3) is 5.91 Å². The van der Waals surface area contributed by atoms with Gasteiger partial charge in [-0.05, 0) is 37.6 Å². The molecule has 5 rings (SSSR count). The molecular formula is C28H36N8O3. The van der Waals surface area contributed by atoms with Gasteiger partial charge in [0.1, 0.15) is 11.8 Å². The molecule has 1 fully saturated rings. The zero-order valence-electron chi connectivity index (χ0n) is 22.8. The lowest BCUT2D eigenvalue weighted by atomic mass is 10.1. The maximum absolute atomic E-state index is 12.6. The second-order valence-corrected chi connectivity index (χ2v) is 9.86. The molecule has 5 heterocycles. The van der Waals surface area contributed by atoms with Gasteiger partial charge in [0.15, 0.2) is 5.76 Å². The highest BCUT2D eigenvalue weighted by molar-refractivity contribution is 6.02. The fourth-order valence-corrected chi connectivity index (χ4v) is 4.88. The Bertz CT molecular complexity index is 1300. The van der Waals surface area contributed by atoms with Crippen molar-refractivity contribution in [2.24, 2.45) is 10.3 Å². The van der Waals surface area contributed by atoms with Crippen molar-refractivity contribution in [1.29, 1.82) is 0 Å². The Morgan fingerprint density at radius 3 is 2.77 bits per heavy atom. The highest BCUT2D eigenvalue weighted by Crippen LogP contribution is 2.33. The summed E-state index contributed by atoms with van der Waals surface area (Å²) in [5.41, 5.74) is 4.31. The van der Waals surface area contributed by atoms with Crippen LogP contribution in [0.3, 0.4) is 0 Å². The largest absolute Gasteiger partial charge is 0.456 e. The summed E-state index contributed by atoms with van der Waals surface area (Å²) in [4.78, 5) is 26.5. The lowest BCUT2D eigenvalue weighted by molar-refractivity contribution is 0.0995. The minimum atomic E-state index is -0.314. The van der Waals surface area contributed by atoms with Gasteiger partial charge in [-0.2, -0.15) is 5.11 Å². The second kappa shape index (κ2) is 12.4. The Balaban J connectivity index is 1.21. The first-order chi connectivity index (χ1) is 19.0. The molecule has 0 radical (unpaired) electrons. The number of carbonyl (C=O) groups is 1. The third kappa shape index (κ3) is 6.43. The molecule has 39 heavy (non-hydrogen) atoms. The average molecular weight is 533 g/mol. The van der Waals surface area contributed by atoms with Crippen LogP contribution in [-0.2, 0) is 11.2 Å². The summed E-state index contributed by atoms with van der Waals surface area (Å²) < 4.78 is 10.7. The van der Waals surface area contributed by atoms with Crippen LogP contribution < -0.4 is 15.2 Å². The first kappa shape index (κ1) is 26.8. The van der Waals surface area contributed by atoms with Crippen LogP contribution in [0.25, 0.3) is 0 Å². The fourth-order valence-electron chi connectivity index (χ4n) is 4.88. The standard InChI is InChI=1S/C28H36N8O3/c1-4-24-6-7-27(39-24)28(37)31-22-15-26(20(2)30-17-22)36-19-25(32-33-36)21-14-23(18-29-16-21)35-11-9-34(10-12-35)8-5-13-38-3/h6-7,14-18,25H,4-5,8-13,19H2,1-3H3,(H,31,37). The van der Waals surface area contributed by atoms with Crippen molar-refractivity contribution in [2.45, 2.75) is 32.7 Å². The first-order valence-electron chi connectivity index (χ1n) is 13.5. The minimum Gasteiger partial charge on any atom is -0.456 e. The molecule has 0 bridgehead atoms. The number of amides is 1. The van der Waals surface area contributed by atoms with E-state index in [4.69, 9.17) is 9.15 Å². The molecule has 1 N–H and O–H groups in total. The van der Waals surface area contributed by atoms with Crippen LogP contribution in [0.5, 0.6) is 0 Å². The molecule has 1 saturated heterocycles. The number of piperazine rings is 1. The quantitative estimate of drug-likeness (QED) is 0.385. The summed E-state index contributed by atoms with van der Waals surface area (Å²) in [6, 6.07) is 7.40. The van der Waals surface area contributed by atoms with E-state index >= 15 is 0 Å². The van der Waals surface area contributed by atoms with Gasteiger partial charge in [-0.25, -0.2) is 5.01 Å². The van der Waals surface area contributed by atoms with Gasteiger partial charge in [0, 0.05) is 64.6 Å². The maximum atomic E-state index is 12.6. The third-order valence-corrected chi connectivity index (χ3v) is 7.16. The van der Waals surface area contributed by atoms with Crippen LogP contribution in [0.1, 0.15) is 47.0 Å². The molecule has 206 valence electrons. The van der Waals surface area contributed by atoms with Crippen LogP contribution in [0, 0.1) is 6.92 Å². The molecule has 1 amide bonds. The summed E-state index contributed by atoms with van der Waals surface area (Å²) in [5, 5.41) is 13.7. The van der Waals surface area contributed by atoms with E-state index in [2.05, 4.69) is 41.5 Å². The van der Waals surface area contributed by atoms with E-state index in [0.717, 1.165) is 80.6 Å². The van der Waals surface area contributed by atoms with Crippen LogP contribution in [0.4, 0.5) is 17.1 Å². The van der Waals surface area contributed by atoms with Crippen molar-refractivity contribution >= 4 is 23.0 Å². The van der Waals surface area contributed by atoms with Crippen LogP contribution >= 0.6 is 0 Å². The number of nitrogens with zero attached hydrogens (tertiary/aromatic N) is 7. The number of anilines is 3. The summed E-state index contributed by atoms with van der Waals surface area (Å²) in [6.45, 7) is 10.3. The average Bonchev–Trinajstić information content (AvgIpc) is 3.65. The predicted octanol–water partition coefficient (Wildman–Crippen LogP) is 4.28. The Morgan fingerprint density at radius 1 is 1.15 bits per heavy atom. The van der Waals surface area contributed by atoms with Gasteiger partial charge >= 0.3 is 0 Å². The van der Waals surface area contributed by atoms with Gasteiger partial charge in [0.05, 0.1) is 41.7 Å². The minimum absolute atomic E-state index is 0.138. The Labute approximate surface area is 228 Å². The molecule has 3 aromatic rings. The molecule has 0 aromatic carbocycles. The van der Waals surface area contributed by atoms with E-state index in [-0.39, 0.29) is 17.7 Å². The molecular weight excluding hydrogens is 496 g/mol. The third-order valence-electron chi connectivity index (χ3n) is 7.16. The number of hydrogen-bond acceptors (Lipinski definition) is 10. The highest BCUT2D eigenvalue weighted by atomic mass is 16.5. The van der Waals surface area contributed by atoms with Gasteiger partial charge in [0.2, 0.25) is 0 Å². The zero-order chi connectivity index (χ0) is 27.2. The number of hydrogen-bond donors (Lipinski definition) is 1. The second-order valence-electron chi connectivity index (χ2n) is 9.86. The lowest BCUT2D eigenvalue weighted by Gasteiger charge is -2.36. The molecule has 3 aromatic heterocycles. The number of pyridine rings is 2. The Kier molecular flexibility index (Phi) is 8.48. The predicted molar refractivity (Wildman–Crippen MR) is 149 cm³/mol. The number of furan rings is 1. The number of carbonyl (C=O) groups excluding carboxylic acids is 1. The van der Waals surface area contributed by atoms with Crippen LogP contribution in [-0.4, -0.2) is 73.8 Å². The highest BCUT2D eigenvalue weighted by Gasteiger charge is 2.26. The number of aryl methyl sites for hydroxylation is 2. The molecule has 11 nitrogen and oxygen atoms in total. The summed E-state index contributed by atoms with van der Waals surface area (Å²) in [5.74, 6) is 0.728. The maximum Gasteiger partial charge on any atom is 0.291 e. The topological polar surface area (TPSA) is 112 Å². The van der Waals surface area contributed by atoms with Gasteiger partial charge < -0.3 is 19.4 Å². The van der Waals surface area contributed by atoms with E-state index in [1.807, 2.05) is 43.4 Å². The fraction of sp³-hybridized carbons (Fsp3) is 0.464. The first-order valence-corrected chi connectivity index (χ1v) is 13.5. The number of rotatable bonds is 10. The molecule has 1 unspecified atom stereocenters. The van der Waals surface area contributed by atoms with Crippen LogP contribution in [0.15, 0.2) is 57.6 Å². The summed E-state index contributed by atoms with van der Waals surface area (Å²) in [7, 11) is 1.75. The van der Waals surface area contributed by atoms with E-state index in [1.165, 1.54) is 0 Å². The van der Waals surface area contributed by atoms with Crippen molar-refractivity contribution in [3.63, 3.8) is 0 Å². The summed E-state index contributed by atoms with van der Waals surface area (Å²) >= 11 is 0. The number of nitrogens with one attached hydrogen (secondary N) is 1. The Morgan fingerprint density at radius 2 is 2.00 bits per heavy atom. The molecule has 2 aliphatic heterocycles. The molecule has 0 saturated carbocycles. The van der Waals surface area contributed by atoms with Crippen molar-refractivity contribution in [1.82, 2.24) is 14.9 Å². The summed E-state index contributed by atoms with van der Waals surface area (Å²) in [6.07, 6.45) is 7.22. The molecule has 2 aliphatic rings. The van der Waals surface area contributed by atoms with Crippen molar-refractivity contribution in [3.05, 3.63) is 65.6 Å². The van der Waals surface area contributed by atoms with Crippen LogP contribution in [0.2, 0.25) is 0 Å². The number of aromatic nitrogens is 2. The van der Waals surface area contributed by atoms with Crippen molar-refractivity contribution in [2.75, 3.05) is 68.2 Å². The Hall–Kier alpha value is -3.83. The molecule has 11 heteroatoms. The van der Waals surface area contributed by atoms with Crippen molar-refractivity contribution < 1.29 is 13.9 Å². The van der Waals surface area contributed by atoms with Gasteiger partial charge in [-0.1, -0.05) is 12.1 Å². The molecule has 0 spiro atoms. The van der Waals surface area contributed by atoms with Crippen molar-refractivity contribution in [3.8, 4) is 0 Å². The van der Waals surface area contributed by atoms with E-state index in [9.17, 15) is 4.79 Å². The zero-order valence-corrected chi connectivity index (χ0v) is 22.8. The smallest absolute Gasteiger partial charge is 0.291 e. The number of methoxy groups -OCH3 is 1. The van der Waals surface area contributed by atoms with E-state index < -0.39 is 0 Å². The van der Waals surface area contributed by atoms with E-state index in [1.54, 1.807) is 19.4 Å². The van der Waals surface area contributed by atoms with E-state index in [0.29, 0.717) is 12.2 Å². The van der Waals surface area contributed by atoms with Gasteiger partial charge in [-0.3, -0.25) is 19.7 Å². The SMILES string of the molecule is CCc1ccc(C(=O)Nc2cnc(C)c(N3CC(c4cncc(N5CCN(CCCOC)CC5)c4)N=N3)c2)o1. The number of ether oxygens (including phenoxy) is 1. The monoisotopic (exact) mass is 532 g/mol. The molecule has 0 aliphatic carbocycles.